The summed E-state index contributed by atoms with van der Waals surface area (Å²) in [6.07, 6.45) is 1.92. The molecule has 0 amide bonds. The first-order valence-corrected chi connectivity index (χ1v) is 5.54. The van der Waals surface area contributed by atoms with Crippen LogP contribution in [-0.2, 0) is 12.8 Å². The van der Waals surface area contributed by atoms with Crippen LogP contribution in [0.5, 0.6) is 0 Å². The molecule has 1 N–H and O–H groups in total. The van der Waals surface area contributed by atoms with Crippen LogP contribution in [0.2, 0.25) is 0 Å². The molecule has 0 atom stereocenters. The van der Waals surface area contributed by atoms with Gasteiger partial charge in [-0.25, -0.2) is 4.98 Å². The number of H-pyrrole nitrogens is 1. The molecule has 78 valence electrons. The van der Waals surface area contributed by atoms with Crippen molar-refractivity contribution in [3.63, 3.8) is 0 Å². The standard InChI is InChI=1S/C11H18N2S/c1-5-9-8(4)12-10(6-7(2)3)13-11(9)14/h7H,5-6H2,1-4H3,(H,12,13,14). The molecule has 0 radical (unpaired) electrons. The van der Waals surface area contributed by atoms with Crippen LogP contribution in [0.15, 0.2) is 0 Å². The van der Waals surface area contributed by atoms with Crippen LogP contribution in [-0.4, -0.2) is 9.97 Å². The molecule has 14 heavy (non-hydrogen) atoms. The van der Waals surface area contributed by atoms with Crippen molar-refractivity contribution in [2.24, 2.45) is 5.92 Å². The van der Waals surface area contributed by atoms with Crippen molar-refractivity contribution < 1.29 is 0 Å². The van der Waals surface area contributed by atoms with Crippen LogP contribution in [0.4, 0.5) is 0 Å². The fourth-order valence-corrected chi connectivity index (χ4v) is 1.98. The average molecular weight is 210 g/mol. The highest BCUT2D eigenvalue weighted by Gasteiger charge is 2.04. The molecule has 0 bridgehead atoms. The molecule has 1 heterocycles. The quantitative estimate of drug-likeness (QED) is 0.776. The highest BCUT2D eigenvalue weighted by molar-refractivity contribution is 7.71. The molecule has 0 aliphatic rings. The van der Waals surface area contributed by atoms with Gasteiger partial charge < -0.3 is 4.98 Å². The third kappa shape index (κ3) is 2.64. The van der Waals surface area contributed by atoms with E-state index in [1.807, 2.05) is 0 Å². The summed E-state index contributed by atoms with van der Waals surface area (Å²) in [5.41, 5.74) is 2.34. The second kappa shape index (κ2) is 4.69. The monoisotopic (exact) mass is 210 g/mol. The normalized spacial score (nSPS) is 10.9. The van der Waals surface area contributed by atoms with Gasteiger partial charge in [-0.3, -0.25) is 0 Å². The van der Waals surface area contributed by atoms with E-state index in [0.717, 1.165) is 23.3 Å². The third-order valence-corrected chi connectivity index (χ3v) is 2.57. The predicted octanol–water partition coefficient (Wildman–Crippen LogP) is 3.21. The summed E-state index contributed by atoms with van der Waals surface area (Å²) in [6, 6.07) is 0. The molecular formula is C11H18N2S. The molecular weight excluding hydrogens is 192 g/mol. The Morgan fingerprint density at radius 2 is 2.07 bits per heavy atom. The number of aromatic amines is 1. The first-order valence-electron chi connectivity index (χ1n) is 5.13. The van der Waals surface area contributed by atoms with E-state index in [2.05, 4.69) is 37.7 Å². The van der Waals surface area contributed by atoms with Crippen molar-refractivity contribution >= 4 is 12.2 Å². The molecule has 0 aliphatic carbocycles. The fourth-order valence-electron chi connectivity index (χ4n) is 1.57. The minimum Gasteiger partial charge on any atom is -0.347 e. The van der Waals surface area contributed by atoms with Crippen molar-refractivity contribution in [2.45, 2.75) is 40.5 Å². The molecule has 3 heteroatoms. The molecule has 0 aliphatic heterocycles. The van der Waals surface area contributed by atoms with Crippen LogP contribution in [0.3, 0.4) is 0 Å². The van der Waals surface area contributed by atoms with Gasteiger partial charge in [0.15, 0.2) is 0 Å². The highest BCUT2D eigenvalue weighted by atomic mass is 32.1. The number of aromatic nitrogens is 2. The van der Waals surface area contributed by atoms with Crippen molar-refractivity contribution in [3.05, 3.63) is 21.7 Å². The Kier molecular flexibility index (Phi) is 3.81. The second-order valence-corrected chi connectivity index (χ2v) is 4.43. The Morgan fingerprint density at radius 3 is 2.50 bits per heavy atom. The average Bonchev–Trinajstić information content (AvgIpc) is 2.01. The summed E-state index contributed by atoms with van der Waals surface area (Å²) in [5.74, 6) is 1.62. The second-order valence-electron chi connectivity index (χ2n) is 4.04. The number of hydrogen-bond acceptors (Lipinski definition) is 2. The van der Waals surface area contributed by atoms with Crippen LogP contribution < -0.4 is 0 Å². The van der Waals surface area contributed by atoms with Crippen molar-refractivity contribution in [1.29, 1.82) is 0 Å². The van der Waals surface area contributed by atoms with Gasteiger partial charge in [-0.1, -0.05) is 33.0 Å². The summed E-state index contributed by atoms with van der Waals surface area (Å²) < 4.78 is 0.763. The van der Waals surface area contributed by atoms with Gasteiger partial charge in [-0.2, -0.15) is 0 Å². The highest BCUT2D eigenvalue weighted by Crippen LogP contribution is 2.10. The number of nitrogens with one attached hydrogen (secondary N) is 1. The van der Waals surface area contributed by atoms with E-state index in [9.17, 15) is 0 Å². The molecule has 1 rings (SSSR count). The molecule has 2 nitrogen and oxygen atoms in total. The van der Waals surface area contributed by atoms with Gasteiger partial charge in [0.25, 0.3) is 0 Å². The molecule has 1 aromatic rings. The maximum absolute atomic E-state index is 5.25. The number of nitrogens with zero attached hydrogens (tertiary/aromatic N) is 1. The number of rotatable bonds is 3. The lowest BCUT2D eigenvalue weighted by molar-refractivity contribution is 0.616. The summed E-state index contributed by atoms with van der Waals surface area (Å²) >= 11 is 5.25. The van der Waals surface area contributed by atoms with Crippen molar-refractivity contribution in [3.8, 4) is 0 Å². The van der Waals surface area contributed by atoms with Gasteiger partial charge in [0.1, 0.15) is 10.5 Å². The minimum atomic E-state index is 0.611. The van der Waals surface area contributed by atoms with Gasteiger partial charge in [-0.05, 0) is 19.3 Å². The SMILES string of the molecule is CCc1c(C)[nH]c(CC(C)C)nc1=S. The minimum absolute atomic E-state index is 0.611. The lowest BCUT2D eigenvalue weighted by Crippen LogP contribution is -2.05. The summed E-state index contributed by atoms with van der Waals surface area (Å²) in [4.78, 5) is 7.73. The molecule has 0 saturated carbocycles. The van der Waals surface area contributed by atoms with E-state index < -0.39 is 0 Å². The van der Waals surface area contributed by atoms with Crippen LogP contribution >= 0.6 is 12.2 Å². The molecule has 0 fully saturated rings. The predicted molar refractivity (Wildman–Crippen MR) is 62.1 cm³/mol. The first-order chi connectivity index (χ1) is 6.54. The van der Waals surface area contributed by atoms with E-state index in [-0.39, 0.29) is 0 Å². The summed E-state index contributed by atoms with van der Waals surface area (Å²) in [7, 11) is 0. The Hall–Kier alpha value is -0.700. The Morgan fingerprint density at radius 1 is 1.43 bits per heavy atom. The molecule has 1 aromatic heterocycles. The Labute approximate surface area is 90.8 Å². The first kappa shape index (κ1) is 11.4. The topological polar surface area (TPSA) is 28.7 Å². The van der Waals surface area contributed by atoms with Gasteiger partial charge in [0, 0.05) is 17.7 Å². The van der Waals surface area contributed by atoms with E-state index in [1.165, 1.54) is 11.3 Å². The maximum Gasteiger partial charge on any atom is 0.133 e. The Balaban J connectivity index is 3.08. The van der Waals surface area contributed by atoms with E-state index in [0.29, 0.717) is 5.92 Å². The van der Waals surface area contributed by atoms with E-state index in [4.69, 9.17) is 12.2 Å². The van der Waals surface area contributed by atoms with Crippen LogP contribution in [0.1, 0.15) is 37.9 Å². The smallest absolute Gasteiger partial charge is 0.133 e. The maximum atomic E-state index is 5.25. The zero-order chi connectivity index (χ0) is 10.7. The molecule has 0 aromatic carbocycles. The van der Waals surface area contributed by atoms with Crippen molar-refractivity contribution in [2.75, 3.05) is 0 Å². The van der Waals surface area contributed by atoms with E-state index >= 15 is 0 Å². The van der Waals surface area contributed by atoms with Crippen LogP contribution in [0, 0.1) is 17.5 Å². The largest absolute Gasteiger partial charge is 0.347 e. The van der Waals surface area contributed by atoms with Gasteiger partial charge in [0.2, 0.25) is 0 Å². The summed E-state index contributed by atoms with van der Waals surface area (Å²) in [6.45, 7) is 8.54. The van der Waals surface area contributed by atoms with Gasteiger partial charge in [0.05, 0.1) is 0 Å². The lowest BCUT2D eigenvalue weighted by atomic mass is 10.1. The molecule has 0 spiro atoms. The fraction of sp³-hybridized carbons (Fsp3) is 0.636. The zero-order valence-corrected chi connectivity index (χ0v) is 10.2. The third-order valence-electron chi connectivity index (χ3n) is 2.23. The summed E-state index contributed by atoms with van der Waals surface area (Å²) in [5, 5.41) is 0. The van der Waals surface area contributed by atoms with E-state index in [1.54, 1.807) is 0 Å². The molecule has 0 saturated heterocycles. The number of aryl methyl sites for hydroxylation is 1. The number of hydrogen-bond donors (Lipinski definition) is 1. The van der Waals surface area contributed by atoms with Gasteiger partial charge in [-0.15, -0.1) is 0 Å². The van der Waals surface area contributed by atoms with Crippen molar-refractivity contribution in [1.82, 2.24) is 9.97 Å². The van der Waals surface area contributed by atoms with Crippen LogP contribution in [0.25, 0.3) is 0 Å². The zero-order valence-electron chi connectivity index (χ0n) is 9.35. The van der Waals surface area contributed by atoms with Gasteiger partial charge >= 0.3 is 0 Å². The Bertz CT molecular complexity index is 366. The lowest BCUT2D eigenvalue weighted by Gasteiger charge is -2.08. The molecule has 0 unspecified atom stereocenters.